The molecule has 0 aliphatic carbocycles. The molecule has 0 heterocycles. The Morgan fingerprint density at radius 2 is 1.58 bits per heavy atom. The van der Waals surface area contributed by atoms with Crippen LogP contribution in [0.3, 0.4) is 0 Å². The van der Waals surface area contributed by atoms with Crippen molar-refractivity contribution in [1.82, 2.24) is 0 Å². The third-order valence-electron chi connectivity index (χ3n) is 1.60. The van der Waals surface area contributed by atoms with Crippen molar-refractivity contribution in [1.29, 1.82) is 0 Å². The van der Waals surface area contributed by atoms with Gasteiger partial charge in [-0.05, 0) is 0 Å². The van der Waals surface area contributed by atoms with Crippen molar-refractivity contribution in [2.24, 2.45) is 0 Å². The first-order valence-electron chi connectivity index (χ1n) is 4.10. The van der Waals surface area contributed by atoms with E-state index in [1.165, 1.54) is 9.99 Å². The summed E-state index contributed by atoms with van der Waals surface area (Å²) in [6.45, 7) is 6.71. The molecular weight excluding hydrogens is 166 g/mol. The molecule has 0 spiro atoms. The molecule has 1 aromatic carbocycles. The average Bonchev–Trinajstić information content (AvgIpc) is 1.93. The van der Waals surface area contributed by atoms with E-state index in [2.05, 4.69) is 45.0 Å². The first-order chi connectivity index (χ1) is 5.18. The summed E-state index contributed by atoms with van der Waals surface area (Å²) in [6, 6.07) is 8.91. The van der Waals surface area contributed by atoms with Gasteiger partial charge in [-0.15, -0.1) is 0 Å². The minimum Gasteiger partial charge on any atom is -1.00 e. The molecule has 0 fully saturated rings. The number of hydrogen-bond acceptors (Lipinski definition) is 0. The van der Waals surface area contributed by atoms with Crippen LogP contribution in [0.2, 0.25) is 4.78 Å². The molecule has 0 radical (unpaired) electrons. The quantitative estimate of drug-likeness (QED) is 0.520. The normalized spacial score (nSPS) is 9.00. The van der Waals surface area contributed by atoms with Crippen LogP contribution >= 0.6 is 0 Å². The SMILES string of the molecule is Cc1cc[c]([Al+][CH](C)C)cc1.[F-]. The minimum atomic E-state index is 0. The predicted molar refractivity (Wildman–Crippen MR) is 51.7 cm³/mol. The van der Waals surface area contributed by atoms with Gasteiger partial charge in [0.2, 0.25) is 0 Å². The molecule has 1 rings (SSSR count). The second kappa shape index (κ2) is 5.35. The molecule has 0 aliphatic rings. The molecule has 0 amide bonds. The van der Waals surface area contributed by atoms with Gasteiger partial charge in [-0.2, -0.15) is 0 Å². The van der Waals surface area contributed by atoms with E-state index >= 15 is 0 Å². The van der Waals surface area contributed by atoms with Crippen molar-refractivity contribution < 1.29 is 4.70 Å². The standard InChI is InChI=1S/C7H7.C3H7.Al.FH/c1-7-5-3-2-4-6-7;1-3-2;;/h3-6H,1H3;3H,1-2H3;;1H/q;;+1;/p-1. The van der Waals surface area contributed by atoms with Gasteiger partial charge in [0.15, 0.2) is 0 Å². The van der Waals surface area contributed by atoms with E-state index in [1.807, 2.05) is 0 Å². The number of aryl methyl sites for hydroxylation is 1. The van der Waals surface area contributed by atoms with Gasteiger partial charge in [-0.1, -0.05) is 0 Å². The molecule has 2 heteroatoms. The minimum absolute atomic E-state index is 0. The first-order valence-corrected chi connectivity index (χ1v) is 5.34. The van der Waals surface area contributed by atoms with E-state index in [9.17, 15) is 0 Å². The molecule has 0 saturated carbocycles. The van der Waals surface area contributed by atoms with E-state index in [4.69, 9.17) is 0 Å². The van der Waals surface area contributed by atoms with Crippen LogP contribution in [0.5, 0.6) is 0 Å². The van der Waals surface area contributed by atoms with Crippen LogP contribution in [0.1, 0.15) is 19.4 Å². The zero-order valence-electron chi connectivity index (χ0n) is 7.84. The Kier molecular flexibility index (Phi) is 5.21. The Bertz CT molecular complexity index is 216. The van der Waals surface area contributed by atoms with Crippen molar-refractivity contribution in [2.45, 2.75) is 25.6 Å². The van der Waals surface area contributed by atoms with E-state index in [0.29, 0.717) is 15.2 Å². The van der Waals surface area contributed by atoms with Crippen LogP contribution in [0.15, 0.2) is 24.3 Å². The van der Waals surface area contributed by atoms with Gasteiger partial charge in [0.1, 0.15) is 0 Å². The van der Waals surface area contributed by atoms with Crippen molar-refractivity contribution >= 4 is 19.6 Å². The number of hydrogen-bond donors (Lipinski definition) is 0. The van der Waals surface area contributed by atoms with Gasteiger partial charge in [-0.3, -0.25) is 0 Å². The maximum absolute atomic E-state index is 2.29. The van der Waals surface area contributed by atoms with Gasteiger partial charge in [-0.25, -0.2) is 0 Å². The molecular formula is C10H14AlF. The van der Waals surface area contributed by atoms with Crippen LogP contribution in [-0.4, -0.2) is 15.2 Å². The molecule has 0 nitrogen and oxygen atoms in total. The summed E-state index contributed by atoms with van der Waals surface area (Å²) in [5.41, 5.74) is 1.36. The van der Waals surface area contributed by atoms with E-state index in [0.717, 1.165) is 4.78 Å². The van der Waals surface area contributed by atoms with Gasteiger partial charge < -0.3 is 4.70 Å². The summed E-state index contributed by atoms with van der Waals surface area (Å²) in [4.78, 5) is 0. The zero-order chi connectivity index (χ0) is 8.27. The molecule has 0 aliphatic heterocycles. The molecule has 0 saturated heterocycles. The van der Waals surface area contributed by atoms with Crippen molar-refractivity contribution in [3.8, 4) is 0 Å². The van der Waals surface area contributed by atoms with Gasteiger partial charge in [0.25, 0.3) is 0 Å². The first kappa shape index (κ1) is 11.7. The fourth-order valence-electron chi connectivity index (χ4n) is 1.06. The Hall–Kier alpha value is -0.318. The molecule has 1 aromatic rings. The number of benzene rings is 1. The van der Waals surface area contributed by atoms with Crippen LogP contribution in [-0.2, 0) is 0 Å². The van der Waals surface area contributed by atoms with E-state index < -0.39 is 0 Å². The smallest absolute Gasteiger partial charge is 1.00 e. The Balaban J connectivity index is 0.00000121. The summed E-state index contributed by atoms with van der Waals surface area (Å²) in [6.07, 6.45) is 0. The van der Waals surface area contributed by atoms with Crippen LogP contribution in [0.25, 0.3) is 0 Å². The average molecular weight is 180 g/mol. The fourth-order valence-corrected chi connectivity index (χ4v) is 2.25. The monoisotopic (exact) mass is 180 g/mol. The van der Waals surface area contributed by atoms with Gasteiger partial charge in [0, 0.05) is 0 Å². The molecule has 0 atom stereocenters. The van der Waals surface area contributed by atoms with E-state index in [-0.39, 0.29) is 4.70 Å². The third kappa shape index (κ3) is 3.90. The molecule has 0 N–H and O–H groups in total. The third-order valence-corrected chi connectivity index (χ3v) is 3.04. The summed E-state index contributed by atoms with van der Waals surface area (Å²) < 4.78 is 2.38. The van der Waals surface area contributed by atoms with Gasteiger partial charge >= 0.3 is 75.0 Å². The predicted octanol–water partition coefficient (Wildman–Crippen LogP) is -0.843. The number of halogens is 1. The molecule has 12 heavy (non-hydrogen) atoms. The molecule has 0 unspecified atom stereocenters. The Morgan fingerprint density at radius 1 is 1.08 bits per heavy atom. The maximum Gasteiger partial charge on any atom is -1.00 e. The van der Waals surface area contributed by atoms with Crippen LogP contribution < -0.4 is 9.13 Å². The van der Waals surface area contributed by atoms with E-state index in [1.54, 1.807) is 0 Å². The maximum atomic E-state index is 2.29. The Labute approximate surface area is 80.1 Å². The van der Waals surface area contributed by atoms with Gasteiger partial charge in [0.05, 0.1) is 0 Å². The van der Waals surface area contributed by atoms with Crippen molar-refractivity contribution in [3.63, 3.8) is 0 Å². The van der Waals surface area contributed by atoms with Crippen molar-refractivity contribution in [2.75, 3.05) is 0 Å². The topological polar surface area (TPSA) is 0 Å². The molecule has 0 bridgehead atoms. The largest absolute Gasteiger partial charge is 1.00 e. The fraction of sp³-hybridized carbons (Fsp3) is 0.400. The van der Waals surface area contributed by atoms with Crippen LogP contribution in [0.4, 0.5) is 0 Å². The molecule has 64 valence electrons. The summed E-state index contributed by atoms with van der Waals surface area (Å²) in [5.74, 6) is 0. The summed E-state index contributed by atoms with van der Waals surface area (Å²) in [5, 5.41) is 0. The summed E-state index contributed by atoms with van der Waals surface area (Å²) in [7, 11) is 0. The van der Waals surface area contributed by atoms with Crippen LogP contribution in [0, 0.1) is 6.92 Å². The second-order valence-corrected chi connectivity index (χ2v) is 5.65. The second-order valence-electron chi connectivity index (χ2n) is 3.32. The Morgan fingerprint density at radius 3 is 2.00 bits per heavy atom. The number of rotatable bonds is 2. The summed E-state index contributed by atoms with van der Waals surface area (Å²) >= 11 is 0.482. The van der Waals surface area contributed by atoms with Crippen molar-refractivity contribution in [3.05, 3.63) is 29.8 Å². The molecule has 0 aromatic heterocycles. The zero-order valence-corrected chi connectivity index (χ0v) is 9.00.